The van der Waals surface area contributed by atoms with Crippen molar-refractivity contribution in [3.8, 4) is 0 Å². The molecule has 116 valence electrons. The number of carboxylic acids is 1. The maximum absolute atomic E-state index is 13.3. The first-order valence-electron chi connectivity index (χ1n) is 6.00. The third kappa shape index (κ3) is 3.22. The molecule has 5 nitrogen and oxygen atoms in total. The molecule has 0 saturated heterocycles. The van der Waals surface area contributed by atoms with Crippen LogP contribution in [0.1, 0.15) is 15.9 Å². The molecule has 8 heteroatoms. The largest absolute Gasteiger partial charge is 0.545 e. The highest BCUT2D eigenvalue weighted by Crippen LogP contribution is 2.21. The van der Waals surface area contributed by atoms with Crippen molar-refractivity contribution in [3.63, 3.8) is 0 Å². The van der Waals surface area contributed by atoms with E-state index in [0.29, 0.717) is 11.6 Å². The number of hydrogen-bond donors (Lipinski definition) is 1. The lowest BCUT2D eigenvalue weighted by atomic mass is 10.2. The molecule has 0 saturated carbocycles. The van der Waals surface area contributed by atoms with Crippen LogP contribution in [-0.4, -0.2) is 14.4 Å². The molecule has 0 heterocycles. The smallest absolute Gasteiger partial charge is 0.261 e. The predicted molar refractivity (Wildman–Crippen MR) is 72.7 cm³/mol. The molecule has 2 aromatic carbocycles. The molecule has 1 N–H and O–H groups in total. The second kappa shape index (κ2) is 5.72. The van der Waals surface area contributed by atoms with Gasteiger partial charge in [0, 0.05) is 5.56 Å². The summed E-state index contributed by atoms with van der Waals surface area (Å²) in [5, 5.41) is 10.7. The van der Waals surface area contributed by atoms with Crippen molar-refractivity contribution in [2.75, 3.05) is 4.72 Å². The summed E-state index contributed by atoms with van der Waals surface area (Å²) in [5.41, 5.74) is -0.398. The number of aromatic carboxylic acids is 1. The van der Waals surface area contributed by atoms with Crippen molar-refractivity contribution in [3.05, 3.63) is 59.2 Å². The molecule has 0 unspecified atom stereocenters. The second-order valence-electron chi connectivity index (χ2n) is 4.49. The van der Waals surface area contributed by atoms with Crippen molar-refractivity contribution in [1.82, 2.24) is 0 Å². The molecule has 2 aromatic rings. The van der Waals surface area contributed by atoms with Gasteiger partial charge in [-0.15, -0.1) is 0 Å². The van der Waals surface area contributed by atoms with Crippen LogP contribution in [0.25, 0.3) is 0 Å². The number of benzene rings is 2. The van der Waals surface area contributed by atoms with Crippen molar-refractivity contribution in [2.45, 2.75) is 11.8 Å². The average Bonchev–Trinajstić information content (AvgIpc) is 2.42. The van der Waals surface area contributed by atoms with E-state index in [9.17, 15) is 27.1 Å². The molecule has 0 fully saturated rings. The normalized spacial score (nSPS) is 11.2. The Labute approximate surface area is 125 Å². The Balaban J connectivity index is 2.42. The molecule has 0 amide bonds. The first-order chi connectivity index (χ1) is 10.2. The highest BCUT2D eigenvalue weighted by atomic mass is 32.2. The van der Waals surface area contributed by atoms with Crippen LogP contribution in [0.15, 0.2) is 41.3 Å². The zero-order valence-electron chi connectivity index (χ0n) is 11.3. The summed E-state index contributed by atoms with van der Waals surface area (Å²) in [6, 6.07) is 5.73. The van der Waals surface area contributed by atoms with Gasteiger partial charge in [-0.3, -0.25) is 4.72 Å². The summed E-state index contributed by atoms with van der Waals surface area (Å²) in [6.45, 7) is 1.50. The number of anilines is 1. The van der Waals surface area contributed by atoms with Crippen molar-refractivity contribution in [2.24, 2.45) is 0 Å². The number of rotatable bonds is 4. The average molecular weight is 326 g/mol. The fourth-order valence-corrected chi connectivity index (χ4v) is 2.93. The Morgan fingerprint density at radius 3 is 2.41 bits per heavy atom. The molecular weight excluding hydrogens is 316 g/mol. The first-order valence-corrected chi connectivity index (χ1v) is 7.49. The molecule has 22 heavy (non-hydrogen) atoms. The Bertz CT molecular complexity index is 850. The maximum Gasteiger partial charge on any atom is 0.261 e. The molecule has 2 rings (SSSR count). The van der Waals surface area contributed by atoms with Gasteiger partial charge in [-0.05, 0) is 48.9 Å². The van der Waals surface area contributed by atoms with Crippen LogP contribution >= 0.6 is 0 Å². The van der Waals surface area contributed by atoms with E-state index in [0.717, 1.165) is 24.3 Å². The maximum atomic E-state index is 13.3. The van der Waals surface area contributed by atoms with Gasteiger partial charge in [-0.2, -0.15) is 0 Å². The molecule has 0 atom stereocenters. The van der Waals surface area contributed by atoms with Crippen LogP contribution < -0.4 is 9.83 Å². The Morgan fingerprint density at radius 2 is 1.82 bits per heavy atom. The number of nitrogens with one attached hydrogen (secondary N) is 1. The van der Waals surface area contributed by atoms with Crippen LogP contribution in [0.2, 0.25) is 0 Å². The van der Waals surface area contributed by atoms with Crippen molar-refractivity contribution in [1.29, 1.82) is 0 Å². The third-order valence-corrected chi connectivity index (χ3v) is 4.26. The van der Waals surface area contributed by atoms with Gasteiger partial charge >= 0.3 is 0 Å². The molecule has 0 bridgehead atoms. The topological polar surface area (TPSA) is 86.3 Å². The van der Waals surface area contributed by atoms with Gasteiger partial charge in [0.2, 0.25) is 0 Å². The van der Waals surface area contributed by atoms with Gasteiger partial charge in [-0.25, -0.2) is 17.2 Å². The number of hydrogen-bond acceptors (Lipinski definition) is 4. The highest BCUT2D eigenvalue weighted by molar-refractivity contribution is 7.92. The molecule has 0 aliphatic rings. The SMILES string of the molecule is Cc1cc(F)ccc1NS(=O)(=O)c1ccc(F)c(C(=O)[O-])c1. The van der Waals surface area contributed by atoms with Crippen LogP contribution in [-0.2, 0) is 10.0 Å². The summed E-state index contributed by atoms with van der Waals surface area (Å²) < 4.78 is 52.8. The molecular formula is C14H10F2NO4S-. The molecule has 0 spiro atoms. The van der Waals surface area contributed by atoms with Gasteiger partial charge < -0.3 is 9.90 Å². The number of carbonyl (C=O) groups excluding carboxylic acids is 1. The second-order valence-corrected chi connectivity index (χ2v) is 6.18. The van der Waals surface area contributed by atoms with Crippen molar-refractivity contribution < 1.29 is 27.1 Å². The Morgan fingerprint density at radius 1 is 1.14 bits per heavy atom. The van der Waals surface area contributed by atoms with E-state index in [-0.39, 0.29) is 5.69 Å². The monoisotopic (exact) mass is 326 g/mol. The van der Waals surface area contributed by atoms with E-state index in [1.807, 2.05) is 0 Å². The standard InChI is InChI=1S/C14H11F2NO4S/c1-8-6-9(15)2-5-13(8)17-22(20,21)10-3-4-12(16)11(7-10)14(18)19/h2-7,17H,1H3,(H,18,19)/p-1. The van der Waals surface area contributed by atoms with Gasteiger partial charge in [0.05, 0.1) is 16.6 Å². The highest BCUT2D eigenvalue weighted by Gasteiger charge is 2.18. The summed E-state index contributed by atoms with van der Waals surface area (Å²) in [7, 11) is -4.15. The number of carbonyl (C=O) groups is 1. The Kier molecular flexibility index (Phi) is 4.14. The Hall–Kier alpha value is -2.48. The van der Waals surface area contributed by atoms with E-state index < -0.39 is 38.1 Å². The van der Waals surface area contributed by atoms with Gasteiger partial charge in [0.1, 0.15) is 11.6 Å². The van der Waals surface area contributed by atoms with E-state index >= 15 is 0 Å². The molecule has 0 aliphatic carbocycles. The fourth-order valence-electron chi connectivity index (χ4n) is 1.77. The minimum Gasteiger partial charge on any atom is -0.545 e. The predicted octanol–water partition coefficient (Wildman–Crippen LogP) is 1.44. The summed E-state index contributed by atoms with van der Waals surface area (Å²) in [4.78, 5) is 10.3. The van der Waals surface area contributed by atoms with Gasteiger partial charge in [-0.1, -0.05) is 0 Å². The van der Waals surface area contributed by atoms with E-state index in [2.05, 4.69) is 4.72 Å². The fraction of sp³-hybridized carbons (Fsp3) is 0.0714. The van der Waals surface area contributed by atoms with Gasteiger partial charge in [0.25, 0.3) is 10.0 Å². The van der Waals surface area contributed by atoms with Crippen LogP contribution in [0.5, 0.6) is 0 Å². The minimum absolute atomic E-state index is 0.126. The van der Waals surface area contributed by atoms with Crippen LogP contribution in [0.3, 0.4) is 0 Å². The molecule has 0 aliphatic heterocycles. The van der Waals surface area contributed by atoms with Crippen LogP contribution in [0, 0.1) is 18.6 Å². The summed E-state index contributed by atoms with van der Waals surface area (Å²) >= 11 is 0. The molecule has 0 radical (unpaired) electrons. The zero-order valence-corrected chi connectivity index (χ0v) is 12.1. The first kappa shape index (κ1) is 15.9. The number of carboxylic acid groups (broad SMARTS) is 1. The summed E-state index contributed by atoms with van der Waals surface area (Å²) in [6.07, 6.45) is 0. The van der Waals surface area contributed by atoms with Crippen molar-refractivity contribution >= 4 is 21.7 Å². The van der Waals surface area contributed by atoms with E-state index in [1.54, 1.807) is 0 Å². The van der Waals surface area contributed by atoms with E-state index in [4.69, 9.17) is 0 Å². The number of halogens is 2. The number of sulfonamides is 1. The lowest BCUT2D eigenvalue weighted by molar-refractivity contribution is -0.255. The lowest BCUT2D eigenvalue weighted by Gasteiger charge is -2.12. The minimum atomic E-state index is -4.15. The lowest BCUT2D eigenvalue weighted by Crippen LogP contribution is -2.24. The molecule has 0 aromatic heterocycles. The zero-order chi connectivity index (χ0) is 16.5. The third-order valence-electron chi connectivity index (χ3n) is 2.90. The van der Waals surface area contributed by atoms with Crippen LogP contribution in [0.4, 0.5) is 14.5 Å². The number of aryl methyl sites for hydroxylation is 1. The quantitative estimate of drug-likeness (QED) is 0.921. The van der Waals surface area contributed by atoms with Gasteiger partial charge in [0.15, 0.2) is 0 Å². The van der Waals surface area contributed by atoms with E-state index in [1.165, 1.54) is 13.0 Å². The summed E-state index contributed by atoms with van der Waals surface area (Å²) in [5.74, 6) is -3.45.